The third-order valence-corrected chi connectivity index (χ3v) is 7.82. The fraction of sp³-hybridized carbons (Fsp3) is 0.387. The SMILES string of the molecule is Cc1ccc(NC2CCN(C(=O)OC(C)(C)C)CC2)cc1C(=O)N[C@H](C)c1cccc(-c2ccc(C=O)s2)c1. The van der Waals surface area contributed by atoms with Crippen LogP contribution in [0.3, 0.4) is 0 Å². The second-order valence-corrected chi connectivity index (χ2v) is 12.2. The number of anilines is 1. The molecule has 1 saturated heterocycles. The second-order valence-electron chi connectivity index (χ2n) is 11.1. The van der Waals surface area contributed by atoms with E-state index < -0.39 is 5.60 Å². The highest BCUT2D eigenvalue weighted by atomic mass is 32.1. The van der Waals surface area contributed by atoms with Crippen LogP contribution in [0.5, 0.6) is 0 Å². The van der Waals surface area contributed by atoms with Crippen molar-refractivity contribution in [2.24, 2.45) is 0 Å². The zero-order chi connectivity index (χ0) is 28.2. The molecule has 2 heterocycles. The molecule has 0 bridgehead atoms. The first-order chi connectivity index (χ1) is 18.5. The lowest BCUT2D eigenvalue weighted by molar-refractivity contribution is 0.0210. The van der Waals surface area contributed by atoms with E-state index in [0.29, 0.717) is 23.5 Å². The van der Waals surface area contributed by atoms with Crippen molar-refractivity contribution >= 4 is 35.3 Å². The molecule has 1 aromatic heterocycles. The molecule has 0 saturated carbocycles. The van der Waals surface area contributed by atoms with Crippen molar-refractivity contribution in [1.29, 1.82) is 0 Å². The van der Waals surface area contributed by atoms with Gasteiger partial charge in [0.1, 0.15) is 5.60 Å². The van der Waals surface area contributed by atoms with Gasteiger partial charge in [-0.05, 0) is 94.5 Å². The smallest absolute Gasteiger partial charge is 0.410 e. The van der Waals surface area contributed by atoms with Gasteiger partial charge >= 0.3 is 6.09 Å². The van der Waals surface area contributed by atoms with Crippen LogP contribution in [0.25, 0.3) is 10.4 Å². The molecule has 0 aliphatic carbocycles. The van der Waals surface area contributed by atoms with Gasteiger partial charge < -0.3 is 20.3 Å². The Labute approximate surface area is 234 Å². The summed E-state index contributed by atoms with van der Waals surface area (Å²) >= 11 is 1.45. The summed E-state index contributed by atoms with van der Waals surface area (Å²) in [6, 6.07) is 17.7. The van der Waals surface area contributed by atoms with Gasteiger partial charge in [-0.3, -0.25) is 9.59 Å². The molecular weight excluding hydrogens is 510 g/mol. The number of aldehydes is 1. The fourth-order valence-corrected chi connectivity index (χ4v) is 5.43. The molecular formula is C31H37N3O4S. The summed E-state index contributed by atoms with van der Waals surface area (Å²) < 4.78 is 5.49. The molecule has 39 heavy (non-hydrogen) atoms. The van der Waals surface area contributed by atoms with Crippen LogP contribution in [-0.4, -0.2) is 47.9 Å². The number of likely N-dealkylation sites (tertiary alicyclic amines) is 1. The number of nitrogens with zero attached hydrogens (tertiary/aromatic N) is 1. The number of amides is 2. The zero-order valence-electron chi connectivity index (χ0n) is 23.2. The molecule has 1 fully saturated rings. The van der Waals surface area contributed by atoms with Crippen LogP contribution in [-0.2, 0) is 4.74 Å². The van der Waals surface area contributed by atoms with Gasteiger partial charge in [0.05, 0.1) is 10.9 Å². The van der Waals surface area contributed by atoms with E-state index in [1.54, 1.807) is 4.90 Å². The number of rotatable bonds is 7. The molecule has 8 heteroatoms. The second kappa shape index (κ2) is 12.0. The van der Waals surface area contributed by atoms with Crippen molar-refractivity contribution < 1.29 is 19.1 Å². The molecule has 3 aromatic rings. The Kier molecular flexibility index (Phi) is 8.75. The van der Waals surface area contributed by atoms with Crippen LogP contribution in [0, 0.1) is 6.92 Å². The van der Waals surface area contributed by atoms with E-state index >= 15 is 0 Å². The van der Waals surface area contributed by atoms with E-state index in [1.807, 2.05) is 83.1 Å². The summed E-state index contributed by atoms with van der Waals surface area (Å²) in [5, 5.41) is 6.68. The third-order valence-electron chi connectivity index (χ3n) is 6.76. The largest absolute Gasteiger partial charge is 0.444 e. The zero-order valence-corrected chi connectivity index (χ0v) is 24.1. The van der Waals surface area contributed by atoms with Crippen molar-refractivity contribution in [1.82, 2.24) is 10.2 Å². The lowest BCUT2D eigenvalue weighted by atomic mass is 10.0. The van der Waals surface area contributed by atoms with Crippen molar-refractivity contribution in [2.75, 3.05) is 18.4 Å². The topological polar surface area (TPSA) is 87.7 Å². The summed E-state index contributed by atoms with van der Waals surface area (Å²) in [6.07, 6.45) is 2.20. The van der Waals surface area contributed by atoms with E-state index in [-0.39, 0.29) is 24.1 Å². The number of nitrogens with one attached hydrogen (secondary N) is 2. The van der Waals surface area contributed by atoms with Crippen molar-refractivity contribution in [3.8, 4) is 10.4 Å². The highest BCUT2D eigenvalue weighted by Crippen LogP contribution is 2.29. The van der Waals surface area contributed by atoms with Crippen LogP contribution in [0.15, 0.2) is 54.6 Å². The molecule has 0 radical (unpaired) electrons. The van der Waals surface area contributed by atoms with Crippen LogP contribution in [0.2, 0.25) is 0 Å². The average molecular weight is 548 g/mol. The summed E-state index contributed by atoms with van der Waals surface area (Å²) in [5.74, 6) is -0.131. The van der Waals surface area contributed by atoms with Gasteiger partial charge in [0, 0.05) is 35.3 Å². The first-order valence-corrected chi connectivity index (χ1v) is 14.2. The lowest BCUT2D eigenvalue weighted by Gasteiger charge is -2.34. The first kappa shape index (κ1) is 28.4. The van der Waals surface area contributed by atoms with Gasteiger partial charge in [0.25, 0.3) is 5.91 Å². The monoisotopic (exact) mass is 547 g/mol. The van der Waals surface area contributed by atoms with Gasteiger partial charge in [0.2, 0.25) is 0 Å². The standard InChI is InChI=1S/C31H37N3O4S/c1-20-9-10-25(33-24-13-15-34(16-14-24)30(37)38-31(3,4)5)18-27(20)29(36)32-21(2)22-7-6-8-23(17-22)28-12-11-26(19-35)39-28/h6-12,17-19,21,24,33H,13-16H2,1-5H3,(H,32,36)/t21-/m1/s1. The molecule has 1 aliphatic heterocycles. The third kappa shape index (κ3) is 7.47. The minimum absolute atomic E-state index is 0.131. The predicted molar refractivity (Wildman–Crippen MR) is 157 cm³/mol. The average Bonchev–Trinajstić information content (AvgIpc) is 3.39. The number of hydrogen-bond acceptors (Lipinski definition) is 6. The molecule has 4 rings (SSSR count). The maximum Gasteiger partial charge on any atom is 0.410 e. The quantitative estimate of drug-likeness (QED) is 0.316. The molecule has 7 nitrogen and oxygen atoms in total. The van der Waals surface area contributed by atoms with Crippen molar-refractivity contribution in [3.05, 3.63) is 76.2 Å². The Hall–Kier alpha value is -3.65. The Morgan fingerprint density at radius 2 is 1.82 bits per heavy atom. The maximum atomic E-state index is 13.3. The van der Waals surface area contributed by atoms with Gasteiger partial charge in [-0.2, -0.15) is 0 Å². The van der Waals surface area contributed by atoms with Crippen LogP contribution >= 0.6 is 11.3 Å². The van der Waals surface area contributed by atoms with Crippen LogP contribution in [0.4, 0.5) is 10.5 Å². The lowest BCUT2D eigenvalue weighted by Crippen LogP contribution is -2.44. The van der Waals surface area contributed by atoms with E-state index in [4.69, 9.17) is 4.74 Å². The molecule has 2 N–H and O–H groups in total. The minimum Gasteiger partial charge on any atom is -0.444 e. The molecule has 0 unspecified atom stereocenters. The number of hydrogen-bond donors (Lipinski definition) is 2. The van der Waals surface area contributed by atoms with Crippen LogP contribution in [0.1, 0.15) is 77.7 Å². The van der Waals surface area contributed by atoms with Gasteiger partial charge in [0.15, 0.2) is 6.29 Å². The normalized spacial score (nSPS) is 14.9. The van der Waals surface area contributed by atoms with Crippen molar-refractivity contribution in [2.45, 2.75) is 65.1 Å². The summed E-state index contributed by atoms with van der Waals surface area (Å²) in [7, 11) is 0. The molecule has 0 spiro atoms. The highest BCUT2D eigenvalue weighted by molar-refractivity contribution is 7.17. The molecule has 206 valence electrons. The minimum atomic E-state index is -0.503. The van der Waals surface area contributed by atoms with E-state index in [0.717, 1.165) is 46.4 Å². The number of ether oxygens (including phenoxy) is 1. The van der Waals surface area contributed by atoms with Crippen LogP contribution < -0.4 is 10.6 Å². The Balaban J connectivity index is 1.37. The van der Waals surface area contributed by atoms with Gasteiger partial charge in [-0.15, -0.1) is 11.3 Å². The van der Waals surface area contributed by atoms with E-state index in [9.17, 15) is 14.4 Å². The van der Waals surface area contributed by atoms with E-state index in [2.05, 4.69) is 16.7 Å². The molecule has 2 aromatic carbocycles. The number of carbonyl (C=O) groups excluding carboxylic acids is 3. The summed E-state index contributed by atoms with van der Waals surface area (Å²) in [4.78, 5) is 40.2. The van der Waals surface area contributed by atoms with Gasteiger partial charge in [-0.1, -0.05) is 24.3 Å². The predicted octanol–water partition coefficient (Wildman–Crippen LogP) is 6.84. The fourth-order valence-electron chi connectivity index (χ4n) is 4.62. The van der Waals surface area contributed by atoms with E-state index in [1.165, 1.54) is 11.3 Å². The molecule has 1 aliphatic rings. The Bertz CT molecular complexity index is 1340. The number of aryl methyl sites for hydroxylation is 1. The number of piperidine rings is 1. The van der Waals surface area contributed by atoms with Crippen molar-refractivity contribution in [3.63, 3.8) is 0 Å². The molecule has 2 amide bonds. The van der Waals surface area contributed by atoms with Gasteiger partial charge in [-0.25, -0.2) is 4.79 Å². The number of carbonyl (C=O) groups is 3. The Morgan fingerprint density at radius 1 is 1.08 bits per heavy atom. The summed E-state index contributed by atoms with van der Waals surface area (Å²) in [5.41, 5.74) is 3.93. The number of benzene rings is 2. The Morgan fingerprint density at radius 3 is 2.49 bits per heavy atom. The first-order valence-electron chi connectivity index (χ1n) is 13.3. The molecule has 1 atom stereocenters. The summed E-state index contributed by atoms with van der Waals surface area (Å²) in [6.45, 7) is 10.8. The maximum absolute atomic E-state index is 13.3. The highest BCUT2D eigenvalue weighted by Gasteiger charge is 2.27. The number of thiophene rings is 1.